The molecule has 0 aliphatic carbocycles. The van der Waals surface area contributed by atoms with Crippen LogP contribution in [0.25, 0.3) is 6.08 Å². The Morgan fingerprint density at radius 2 is 1.93 bits per heavy atom. The van der Waals surface area contributed by atoms with Crippen molar-refractivity contribution in [2.24, 2.45) is 0 Å². The molecule has 0 amide bonds. The molecule has 7 nitrogen and oxygen atoms in total. The van der Waals surface area contributed by atoms with Gasteiger partial charge in [-0.05, 0) is 29.5 Å². The van der Waals surface area contributed by atoms with Crippen LogP contribution in [0.1, 0.15) is 47.7 Å². The third kappa shape index (κ3) is 5.04. The molecule has 0 spiro atoms. The van der Waals surface area contributed by atoms with E-state index < -0.39 is 28.5 Å². The summed E-state index contributed by atoms with van der Waals surface area (Å²) < 4.78 is 5.87. The van der Waals surface area contributed by atoms with Gasteiger partial charge in [-0.15, -0.1) is 0 Å². The average molecular weight is 372 g/mol. The molecule has 27 heavy (non-hydrogen) atoms. The molecule has 0 saturated heterocycles. The van der Waals surface area contributed by atoms with Crippen LogP contribution in [0.5, 0.6) is 5.88 Å². The van der Waals surface area contributed by atoms with Gasteiger partial charge in [0.05, 0.1) is 0 Å². The number of benzene rings is 1. The molecule has 1 aromatic carbocycles. The van der Waals surface area contributed by atoms with Crippen molar-refractivity contribution >= 4 is 11.9 Å². The summed E-state index contributed by atoms with van der Waals surface area (Å²) >= 11 is 0. The number of nitrogens with zero attached hydrogens (tertiary/aromatic N) is 1. The zero-order chi connectivity index (χ0) is 20.0. The van der Waals surface area contributed by atoms with Gasteiger partial charge in [-0.3, -0.25) is 19.1 Å². The van der Waals surface area contributed by atoms with E-state index in [1.807, 2.05) is 24.3 Å². The number of ketones is 1. The molecule has 144 valence electrons. The SMILES string of the molecule is COCCCn1c(O)c(C(=O)/C=C/c2ccc(C(C)C)cc2)c(=O)[nH]c1=O. The second-order valence-electron chi connectivity index (χ2n) is 6.47. The van der Waals surface area contributed by atoms with E-state index in [0.29, 0.717) is 18.9 Å². The van der Waals surface area contributed by atoms with Crippen molar-refractivity contribution in [2.45, 2.75) is 32.7 Å². The first-order chi connectivity index (χ1) is 12.8. The van der Waals surface area contributed by atoms with Crippen LogP contribution in [0, 0.1) is 0 Å². The second-order valence-corrected chi connectivity index (χ2v) is 6.47. The van der Waals surface area contributed by atoms with Crippen molar-refractivity contribution in [3.05, 3.63) is 67.9 Å². The summed E-state index contributed by atoms with van der Waals surface area (Å²) in [6, 6.07) is 7.67. The number of nitrogens with one attached hydrogen (secondary N) is 1. The van der Waals surface area contributed by atoms with Crippen LogP contribution < -0.4 is 11.2 Å². The summed E-state index contributed by atoms with van der Waals surface area (Å²) in [7, 11) is 1.52. The van der Waals surface area contributed by atoms with E-state index in [-0.39, 0.29) is 6.54 Å². The molecule has 2 rings (SSSR count). The van der Waals surface area contributed by atoms with Gasteiger partial charge < -0.3 is 9.84 Å². The summed E-state index contributed by atoms with van der Waals surface area (Å²) in [6.07, 6.45) is 3.21. The van der Waals surface area contributed by atoms with Gasteiger partial charge in [-0.25, -0.2) is 4.79 Å². The third-order valence-electron chi connectivity index (χ3n) is 4.18. The highest BCUT2D eigenvalue weighted by Crippen LogP contribution is 2.16. The lowest BCUT2D eigenvalue weighted by molar-refractivity contribution is 0.104. The maximum Gasteiger partial charge on any atom is 0.331 e. The maximum atomic E-state index is 12.4. The molecule has 0 saturated carbocycles. The molecule has 0 aliphatic heterocycles. The van der Waals surface area contributed by atoms with Crippen LogP contribution >= 0.6 is 0 Å². The van der Waals surface area contributed by atoms with Crippen LogP contribution in [0.4, 0.5) is 0 Å². The molecule has 1 heterocycles. The van der Waals surface area contributed by atoms with Crippen LogP contribution in [-0.2, 0) is 11.3 Å². The Bertz CT molecular complexity index is 936. The zero-order valence-electron chi connectivity index (χ0n) is 15.7. The summed E-state index contributed by atoms with van der Waals surface area (Å²) in [6.45, 7) is 4.67. The fraction of sp³-hybridized carbons (Fsp3) is 0.350. The molecule has 0 radical (unpaired) electrons. The number of aromatic amines is 1. The van der Waals surface area contributed by atoms with Crippen molar-refractivity contribution in [1.82, 2.24) is 9.55 Å². The quantitative estimate of drug-likeness (QED) is 0.421. The summed E-state index contributed by atoms with van der Waals surface area (Å²) in [5.41, 5.74) is -0.168. The van der Waals surface area contributed by atoms with Gasteiger partial charge in [0.1, 0.15) is 5.56 Å². The van der Waals surface area contributed by atoms with Crippen molar-refractivity contribution in [3.8, 4) is 5.88 Å². The van der Waals surface area contributed by atoms with E-state index in [0.717, 1.165) is 10.1 Å². The minimum atomic E-state index is -0.912. The molecular weight excluding hydrogens is 348 g/mol. The number of hydrogen-bond donors (Lipinski definition) is 2. The lowest BCUT2D eigenvalue weighted by Gasteiger charge is -2.09. The number of aromatic hydroxyl groups is 1. The monoisotopic (exact) mass is 372 g/mol. The number of allylic oxidation sites excluding steroid dienone is 1. The lowest BCUT2D eigenvalue weighted by atomic mass is 10.0. The minimum Gasteiger partial charge on any atom is -0.494 e. The van der Waals surface area contributed by atoms with Crippen LogP contribution in [0.15, 0.2) is 39.9 Å². The molecule has 0 fully saturated rings. The molecule has 0 unspecified atom stereocenters. The second kappa shape index (κ2) is 9.14. The van der Waals surface area contributed by atoms with Gasteiger partial charge in [-0.1, -0.05) is 44.2 Å². The standard InChI is InChI=1S/C20H24N2O5/c1-13(2)15-8-5-14(6-9-15)7-10-16(23)17-18(24)21-20(26)22(19(17)25)11-4-12-27-3/h5-10,13,25H,4,11-12H2,1-3H3,(H,21,24,26)/b10-7+. The van der Waals surface area contributed by atoms with Crippen LogP contribution in [0.2, 0.25) is 0 Å². The van der Waals surface area contributed by atoms with Crippen molar-refractivity contribution in [2.75, 3.05) is 13.7 Å². The highest BCUT2D eigenvalue weighted by Gasteiger charge is 2.19. The molecular formula is C20H24N2O5. The molecule has 0 atom stereocenters. The molecule has 7 heteroatoms. The Hall–Kier alpha value is -2.93. The molecule has 0 aliphatic rings. The Morgan fingerprint density at radius 1 is 1.26 bits per heavy atom. The van der Waals surface area contributed by atoms with E-state index in [1.54, 1.807) is 6.08 Å². The summed E-state index contributed by atoms with van der Waals surface area (Å²) in [4.78, 5) is 38.4. The van der Waals surface area contributed by atoms with Gasteiger partial charge in [0.2, 0.25) is 5.88 Å². The van der Waals surface area contributed by atoms with Crippen LogP contribution in [0.3, 0.4) is 0 Å². The first-order valence-electron chi connectivity index (χ1n) is 8.72. The number of H-pyrrole nitrogens is 1. The van der Waals surface area contributed by atoms with E-state index in [2.05, 4.69) is 18.8 Å². The Kier molecular flexibility index (Phi) is 6.90. The van der Waals surface area contributed by atoms with Crippen molar-refractivity contribution < 1.29 is 14.6 Å². The van der Waals surface area contributed by atoms with E-state index in [1.165, 1.54) is 18.7 Å². The molecule has 2 aromatic rings. The molecule has 2 N–H and O–H groups in total. The van der Waals surface area contributed by atoms with Gasteiger partial charge in [0.15, 0.2) is 5.78 Å². The zero-order valence-corrected chi connectivity index (χ0v) is 15.7. The van der Waals surface area contributed by atoms with Crippen molar-refractivity contribution in [1.29, 1.82) is 0 Å². The van der Waals surface area contributed by atoms with E-state index in [9.17, 15) is 19.5 Å². The minimum absolute atomic E-state index is 0.121. The number of rotatable bonds is 8. The predicted octanol–water partition coefficient (Wildman–Crippen LogP) is 2.30. The fourth-order valence-corrected chi connectivity index (χ4v) is 2.60. The first-order valence-corrected chi connectivity index (χ1v) is 8.72. The van der Waals surface area contributed by atoms with E-state index >= 15 is 0 Å². The Balaban J connectivity index is 2.28. The van der Waals surface area contributed by atoms with Gasteiger partial charge in [-0.2, -0.15) is 0 Å². The number of carbonyl (C=O) groups is 1. The largest absolute Gasteiger partial charge is 0.494 e. The van der Waals surface area contributed by atoms with Gasteiger partial charge in [0, 0.05) is 20.3 Å². The summed E-state index contributed by atoms with van der Waals surface area (Å²) in [5, 5.41) is 10.3. The normalized spacial score (nSPS) is 11.4. The number of carbonyl (C=O) groups excluding carboxylic acids is 1. The Labute approximate surface area is 156 Å². The van der Waals surface area contributed by atoms with Crippen molar-refractivity contribution in [3.63, 3.8) is 0 Å². The van der Waals surface area contributed by atoms with Gasteiger partial charge >= 0.3 is 5.69 Å². The topological polar surface area (TPSA) is 101 Å². The molecule has 1 aromatic heterocycles. The number of hydrogen-bond acceptors (Lipinski definition) is 5. The van der Waals surface area contributed by atoms with Gasteiger partial charge in [0.25, 0.3) is 5.56 Å². The van der Waals surface area contributed by atoms with E-state index in [4.69, 9.17) is 4.74 Å². The lowest BCUT2D eigenvalue weighted by Crippen LogP contribution is -2.33. The van der Waals surface area contributed by atoms with Crippen LogP contribution in [-0.4, -0.2) is 34.2 Å². The predicted molar refractivity (Wildman–Crippen MR) is 103 cm³/mol. The third-order valence-corrected chi connectivity index (χ3v) is 4.18. The number of aromatic nitrogens is 2. The highest BCUT2D eigenvalue weighted by atomic mass is 16.5. The average Bonchev–Trinajstić information content (AvgIpc) is 2.62. The summed E-state index contributed by atoms with van der Waals surface area (Å²) in [5.74, 6) is -0.911. The fourth-order valence-electron chi connectivity index (χ4n) is 2.60. The smallest absolute Gasteiger partial charge is 0.331 e. The maximum absolute atomic E-state index is 12.4. The first kappa shape index (κ1) is 20.4. The number of ether oxygens (including phenoxy) is 1. The Morgan fingerprint density at radius 3 is 2.52 bits per heavy atom. The number of methoxy groups -OCH3 is 1. The molecule has 0 bridgehead atoms. The highest BCUT2D eigenvalue weighted by molar-refractivity contribution is 6.07.